The molecule has 8 bridgehead atoms. The van der Waals surface area contributed by atoms with Crippen LogP contribution in [0.2, 0.25) is 0 Å². The van der Waals surface area contributed by atoms with Gasteiger partial charge < -0.3 is 9.97 Å². The molecule has 9 aromatic rings. The van der Waals surface area contributed by atoms with Crippen LogP contribution in [-0.2, 0) is 36.8 Å². The van der Waals surface area contributed by atoms with Crippen molar-refractivity contribution in [3.8, 4) is 44.5 Å². The molecular weight excluding hydrogens is 1010 g/mol. The minimum atomic E-state index is -3.88. The van der Waals surface area contributed by atoms with Gasteiger partial charge >= 0.3 is 143 Å². The van der Waals surface area contributed by atoms with Crippen molar-refractivity contribution in [3.63, 3.8) is 0 Å². The van der Waals surface area contributed by atoms with Gasteiger partial charge in [-0.05, 0) is 68.8 Å². The first-order valence-corrected chi connectivity index (χ1v) is 26.9. The van der Waals surface area contributed by atoms with Crippen molar-refractivity contribution in [2.24, 2.45) is 6.18 Å². The van der Waals surface area contributed by atoms with Crippen LogP contribution in [0.4, 0.5) is 0 Å². The molecule has 71 heavy (non-hydrogen) atoms. The van der Waals surface area contributed by atoms with Crippen LogP contribution in [0.1, 0.15) is 33.9 Å². The average molecular weight is 1050 g/mol. The van der Waals surface area contributed by atoms with Crippen molar-refractivity contribution in [1.82, 2.24) is 19.9 Å². The molecule has 0 amide bonds. The summed E-state index contributed by atoms with van der Waals surface area (Å²) in [6, 6.07) is 62.3. The average Bonchev–Trinajstić information content (AvgIpc) is 4.25. The molecule has 2 aliphatic rings. The zero-order valence-corrected chi connectivity index (χ0v) is 41.6. The Labute approximate surface area is 419 Å². The van der Waals surface area contributed by atoms with E-state index in [0.29, 0.717) is 0 Å². The molecule has 350 valence electrons. The second-order valence-electron chi connectivity index (χ2n) is 16.6. The summed E-state index contributed by atoms with van der Waals surface area (Å²) in [5, 5.41) is 0. The number of nitrogens with zero attached hydrogens (tertiary/aromatic N) is 6. The predicted octanol–water partition coefficient (Wildman–Crippen LogP) is 13.4. The van der Waals surface area contributed by atoms with Crippen LogP contribution in [0, 0.1) is 13.8 Å². The van der Waals surface area contributed by atoms with E-state index < -0.39 is 36.8 Å². The number of benzene rings is 6. The van der Waals surface area contributed by atoms with Gasteiger partial charge in [0, 0.05) is 0 Å². The molecule has 0 saturated heterocycles. The number of rotatable bonds is 8. The molecule has 11 rings (SSSR count). The first-order chi connectivity index (χ1) is 34.5. The number of hydrogen-bond acceptors (Lipinski definition) is 6. The van der Waals surface area contributed by atoms with Crippen LogP contribution >= 0.6 is 0 Å². The second kappa shape index (κ2) is 20.2. The Morgan fingerprint density at radius 1 is 0.352 bits per heavy atom. The fraction of sp³-hybridized carbons (Fsp3) is 0.0345. The third-order valence-electron chi connectivity index (χ3n) is 11.7. The van der Waals surface area contributed by atoms with E-state index >= 15 is 0 Å². The Kier molecular flexibility index (Phi) is 13.3. The molecule has 2 aliphatic heterocycles. The summed E-state index contributed by atoms with van der Waals surface area (Å²) in [6.07, 6.45) is 8.41. The van der Waals surface area contributed by atoms with E-state index in [4.69, 9.17) is 19.9 Å². The molecule has 0 spiro atoms. The Bertz CT molecular complexity index is 3560. The van der Waals surface area contributed by atoms with Crippen LogP contribution in [-0.4, -0.2) is 26.8 Å². The van der Waals surface area contributed by atoms with E-state index in [0.717, 1.165) is 100 Å². The van der Waals surface area contributed by atoms with Crippen LogP contribution in [0.15, 0.2) is 210 Å². The molecule has 5 heterocycles. The molecule has 3 aromatic heterocycles. The zero-order valence-electron chi connectivity index (χ0n) is 38.3. The van der Waals surface area contributed by atoms with E-state index in [1.165, 1.54) is 24.3 Å². The first kappa shape index (κ1) is 46.8. The molecule has 13 heteroatoms. The summed E-state index contributed by atoms with van der Waals surface area (Å²) in [5.41, 5.74) is 16.9. The Hall–Kier alpha value is -7.96. The van der Waals surface area contributed by atoms with E-state index in [-0.39, 0.29) is 9.79 Å². The quantitative estimate of drug-likeness (QED) is 0.137. The Morgan fingerprint density at radius 2 is 0.606 bits per heavy atom. The van der Waals surface area contributed by atoms with Crippen LogP contribution in [0.25, 0.3) is 90.9 Å². The van der Waals surface area contributed by atoms with Crippen molar-refractivity contribution in [2.45, 2.75) is 23.6 Å². The fourth-order valence-corrected chi connectivity index (χ4v) is 12.4. The maximum absolute atomic E-state index is 12.0. The molecule has 10 nitrogen and oxygen atoms in total. The summed E-state index contributed by atoms with van der Waals surface area (Å²) in [7, 11) is -7.76. The van der Waals surface area contributed by atoms with Gasteiger partial charge in [0.15, 0.2) is 0 Å². The summed E-state index contributed by atoms with van der Waals surface area (Å²) < 4.78 is 55.0. The van der Waals surface area contributed by atoms with Gasteiger partial charge in [-0.2, -0.15) is 0 Å². The van der Waals surface area contributed by atoms with Crippen LogP contribution < -0.4 is 9.97 Å². The molecule has 0 saturated carbocycles. The van der Waals surface area contributed by atoms with Gasteiger partial charge in [0.25, 0.3) is 0 Å². The third-order valence-corrected chi connectivity index (χ3v) is 17.3. The topological polar surface area (TPSA) is 147 Å². The minimum absolute atomic E-state index is 0.0281. The molecule has 0 radical (unpaired) electrons. The van der Waals surface area contributed by atoms with Gasteiger partial charge in [0.2, 0.25) is 0 Å². The van der Waals surface area contributed by atoms with E-state index in [9.17, 15) is 16.8 Å². The van der Waals surface area contributed by atoms with Crippen LogP contribution in [0.5, 0.6) is 0 Å². The first-order valence-electron chi connectivity index (χ1n) is 22.5. The van der Waals surface area contributed by atoms with E-state index in [1.807, 2.05) is 38.1 Å². The van der Waals surface area contributed by atoms with Gasteiger partial charge in [-0.3, -0.25) is 0 Å². The monoisotopic (exact) mass is 1050 g/mol. The number of fused-ring (bicyclic) bond motifs is 8. The number of sulfonamides is 2. The summed E-state index contributed by atoms with van der Waals surface area (Å²) in [5.74, 6) is 0. The summed E-state index contributed by atoms with van der Waals surface area (Å²) >= 11 is -1.55. The maximum atomic E-state index is 12.0. The summed E-state index contributed by atoms with van der Waals surface area (Å²) in [6.45, 7) is 3.67. The SMILES string of the molecule is C1=Cc2nc1c(-c1ccccc1)c1ccc([n-]1)c(-c1ccccc1)c1nc(c(-c3ccccc3)c3ccc([n-]3)c2-c2ccccc2)C=C1.Cc1ccc(S(=O)(=O)[N]=[Ru]=[N]S(=O)(=O)c2ccc(C)cc2)cc1. The predicted molar refractivity (Wildman–Crippen MR) is 280 cm³/mol. The standard InChI is InChI=1S/C44H28N4.2C7H7NO2S.Ru/c1-5-13-29(14-6-1)41-33-21-23-35(45-33)42(30-15-7-2-8-16-30)37-25-27-39(47-37)44(32-19-11-4-12-20-32)40-28-26-38(48-40)43(31-17-9-3-10-18-31)36-24-22-34(41)46-36;2*1-6-2-4-7(5-3-6)11(8,9)10;/h1-28H;2*2-5H,1H3;/q-2;;;. The summed E-state index contributed by atoms with van der Waals surface area (Å²) in [4.78, 5) is 21.3. The zero-order chi connectivity index (χ0) is 49.0. The normalized spacial score (nSPS) is 12.0. The van der Waals surface area contributed by atoms with Crippen LogP contribution in [0.3, 0.4) is 0 Å². The number of aryl methyl sites for hydroxylation is 2. The molecule has 0 unspecified atom stereocenters. The van der Waals surface area contributed by atoms with Crippen molar-refractivity contribution < 1.29 is 33.6 Å². The van der Waals surface area contributed by atoms with Gasteiger partial charge in [-0.15, -0.1) is 22.1 Å². The van der Waals surface area contributed by atoms with Crippen molar-refractivity contribution >= 4 is 66.4 Å². The van der Waals surface area contributed by atoms with Crippen molar-refractivity contribution in [2.75, 3.05) is 0 Å². The Balaban J connectivity index is 0.000000213. The molecule has 0 aliphatic carbocycles. The molecule has 6 aromatic carbocycles. The van der Waals surface area contributed by atoms with Gasteiger partial charge in [-0.25, -0.2) is 9.97 Å². The van der Waals surface area contributed by atoms with E-state index in [2.05, 4.69) is 152 Å². The van der Waals surface area contributed by atoms with Crippen molar-refractivity contribution in [3.05, 3.63) is 228 Å². The Morgan fingerprint density at radius 3 is 0.859 bits per heavy atom. The molecule has 0 N–H and O–H groups in total. The molecular formula is C58H42N6O4RuS2-2. The van der Waals surface area contributed by atoms with Crippen molar-refractivity contribution in [1.29, 1.82) is 0 Å². The third kappa shape index (κ3) is 10.2. The second-order valence-corrected chi connectivity index (χ2v) is 22.0. The van der Waals surface area contributed by atoms with Gasteiger partial charge in [0.05, 0.1) is 22.8 Å². The fourth-order valence-electron chi connectivity index (χ4n) is 8.27. The number of hydrogen-bond donors (Lipinski definition) is 0. The van der Waals surface area contributed by atoms with E-state index in [1.54, 1.807) is 24.3 Å². The molecule has 0 atom stereocenters. The van der Waals surface area contributed by atoms with Gasteiger partial charge in [-0.1, -0.05) is 146 Å². The van der Waals surface area contributed by atoms with Gasteiger partial charge in [0.1, 0.15) is 0 Å². The number of aromatic nitrogens is 4. The molecule has 0 fully saturated rings.